The predicted octanol–water partition coefficient (Wildman–Crippen LogP) is 4.76. The van der Waals surface area contributed by atoms with E-state index >= 15 is 0 Å². The fraction of sp³-hybridized carbons (Fsp3) is 0.200. The average molecular weight is 441 g/mol. The number of benzene rings is 2. The van der Waals surface area contributed by atoms with Crippen LogP contribution in [0.2, 0.25) is 0 Å². The number of ether oxygens (including phenoxy) is 2. The fourth-order valence-corrected chi connectivity index (χ4v) is 3.98. The number of para-hydroxylation sites is 1. The van der Waals surface area contributed by atoms with Crippen molar-refractivity contribution in [2.75, 3.05) is 13.1 Å². The van der Waals surface area contributed by atoms with Gasteiger partial charge >= 0.3 is 0 Å². The summed E-state index contributed by atoms with van der Waals surface area (Å²) >= 11 is 0. The first-order valence-electron chi connectivity index (χ1n) is 10.8. The second-order valence-corrected chi connectivity index (χ2v) is 7.75. The summed E-state index contributed by atoms with van der Waals surface area (Å²) in [6, 6.07) is 17.1. The molecule has 0 radical (unpaired) electrons. The topological polar surface area (TPSA) is 82.4 Å². The molecule has 1 amide bonds. The Hall–Kier alpha value is -4.20. The maximum absolute atomic E-state index is 11.9. The molecule has 1 aliphatic rings. The van der Waals surface area contributed by atoms with Crippen molar-refractivity contribution in [2.24, 2.45) is 0 Å². The first kappa shape index (κ1) is 20.7. The van der Waals surface area contributed by atoms with Gasteiger partial charge in [0.2, 0.25) is 11.8 Å². The number of hydrogen-bond donors (Lipinski definition) is 0. The molecule has 33 heavy (non-hydrogen) atoms. The van der Waals surface area contributed by atoms with Gasteiger partial charge in [-0.3, -0.25) is 9.48 Å². The van der Waals surface area contributed by atoms with Crippen molar-refractivity contribution in [1.29, 1.82) is 0 Å². The SMILES string of the molecule is C=CC(=O)N1CCC(n2ncc3ncnc(Oc4ccc(Oc5ccccc5)cc4)c32)CC1. The summed E-state index contributed by atoms with van der Waals surface area (Å²) in [5, 5.41) is 4.56. The van der Waals surface area contributed by atoms with Gasteiger partial charge in [-0.05, 0) is 55.3 Å². The first-order valence-corrected chi connectivity index (χ1v) is 10.8. The Kier molecular flexibility index (Phi) is 5.72. The van der Waals surface area contributed by atoms with Gasteiger partial charge in [0.15, 0.2) is 0 Å². The summed E-state index contributed by atoms with van der Waals surface area (Å²) in [4.78, 5) is 22.4. The molecule has 1 saturated heterocycles. The number of hydrogen-bond acceptors (Lipinski definition) is 6. The lowest BCUT2D eigenvalue weighted by Crippen LogP contribution is -2.38. The fourth-order valence-electron chi connectivity index (χ4n) is 3.98. The van der Waals surface area contributed by atoms with E-state index in [9.17, 15) is 4.79 Å². The zero-order chi connectivity index (χ0) is 22.6. The lowest BCUT2D eigenvalue weighted by Gasteiger charge is -2.31. The number of fused-ring (bicyclic) bond motifs is 1. The van der Waals surface area contributed by atoms with E-state index in [1.807, 2.05) is 64.2 Å². The van der Waals surface area contributed by atoms with Gasteiger partial charge in [-0.1, -0.05) is 24.8 Å². The molecule has 8 heteroatoms. The smallest absolute Gasteiger partial charge is 0.248 e. The molecule has 0 aliphatic carbocycles. The highest BCUT2D eigenvalue weighted by atomic mass is 16.5. The Morgan fingerprint density at radius 1 is 0.939 bits per heavy atom. The van der Waals surface area contributed by atoms with Crippen molar-refractivity contribution in [3.63, 3.8) is 0 Å². The third kappa shape index (κ3) is 4.41. The number of carbonyl (C=O) groups excluding carboxylic acids is 1. The van der Waals surface area contributed by atoms with Crippen LogP contribution in [0, 0.1) is 0 Å². The van der Waals surface area contributed by atoms with Crippen molar-refractivity contribution < 1.29 is 14.3 Å². The van der Waals surface area contributed by atoms with E-state index in [0.29, 0.717) is 36.0 Å². The highest BCUT2D eigenvalue weighted by Gasteiger charge is 2.26. The Balaban J connectivity index is 1.34. The number of piperidine rings is 1. The van der Waals surface area contributed by atoms with Crippen LogP contribution in [0.5, 0.6) is 23.1 Å². The zero-order valence-electron chi connectivity index (χ0n) is 18.0. The Morgan fingerprint density at radius 2 is 1.61 bits per heavy atom. The molecule has 2 aromatic heterocycles. The van der Waals surface area contributed by atoms with Gasteiger partial charge in [0.1, 0.15) is 34.6 Å². The highest BCUT2D eigenvalue weighted by molar-refractivity contribution is 5.87. The van der Waals surface area contributed by atoms with E-state index in [1.165, 1.54) is 12.4 Å². The second-order valence-electron chi connectivity index (χ2n) is 7.75. The standard InChI is InChI=1S/C25H23N5O3/c1-2-23(31)29-14-12-18(13-15-29)30-24-22(16-28-30)26-17-27-25(24)33-21-10-8-20(9-11-21)32-19-6-4-3-5-7-19/h2-11,16-18H,1,12-15H2. The van der Waals surface area contributed by atoms with Crippen molar-refractivity contribution in [2.45, 2.75) is 18.9 Å². The van der Waals surface area contributed by atoms with Gasteiger partial charge in [0.05, 0.1) is 12.2 Å². The van der Waals surface area contributed by atoms with Crippen molar-refractivity contribution in [3.8, 4) is 23.1 Å². The third-order valence-electron chi connectivity index (χ3n) is 5.66. The maximum atomic E-state index is 11.9. The number of carbonyl (C=O) groups is 1. The summed E-state index contributed by atoms with van der Waals surface area (Å²) in [7, 11) is 0. The van der Waals surface area contributed by atoms with E-state index in [4.69, 9.17) is 9.47 Å². The van der Waals surface area contributed by atoms with Crippen LogP contribution >= 0.6 is 0 Å². The molecule has 0 N–H and O–H groups in total. The normalized spacial score (nSPS) is 14.2. The van der Waals surface area contributed by atoms with Gasteiger partial charge in [-0.2, -0.15) is 10.1 Å². The van der Waals surface area contributed by atoms with Crippen LogP contribution in [0.4, 0.5) is 0 Å². The molecule has 1 fully saturated rings. The molecule has 0 unspecified atom stereocenters. The molecule has 0 saturated carbocycles. The van der Waals surface area contributed by atoms with Crippen LogP contribution in [0.25, 0.3) is 11.0 Å². The van der Waals surface area contributed by atoms with Crippen LogP contribution in [-0.4, -0.2) is 43.6 Å². The number of nitrogens with zero attached hydrogens (tertiary/aromatic N) is 5. The molecule has 4 aromatic rings. The number of rotatable bonds is 6. The van der Waals surface area contributed by atoms with Gasteiger partial charge in [0, 0.05) is 13.1 Å². The predicted molar refractivity (Wildman–Crippen MR) is 123 cm³/mol. The van der Waals surface area contributed by atoms with E-state index in [-0.39, 0.29) is 11.9 Å². The molecule has 0 atom stereocenters. The van der Waals surface area contributed by atoms with Crippen LogP contribution < -0.4 is 9.47 Å². The Morgan fingerprint density at radius 3 is 2.30 bits per heavy atom. The number of amides is 1. The summed E-state index contributed by atoms with van der Waals surface area (Å²) in [5.74, 6) is 2.53. The van der Waals surface area contributed by atoms with Crippen molar-refractivity contribution in [1.82, 2.24) is 24.6 Å². The van der Waals surface area contributed by atoms with E-state index in [0.717, 1.165) is 24.1 Å². The molecule has 0 bridgehead atoms. The Labute approximate surface area is 191 Å². The summed E-state index contributed by atoms with van der Waals surface area (Å²) < 4.78 is 13.9. The number of likely N-dealkylation sites (tertiary alicyclic amines) is 1. The van der Waals surface area contributed by atoms with Gasteiger partial charge in [-0.25, -0.2) is 4.98 Å². The van der Waals surface area contributed by atoms with Crippen molar-refractivity contribution in [3.05, 3.63) is 79.8 Å². The lowest BCUT2D eigenvalue weighted by molar-refractivity contribution is -0.127. The maximum Gasteiger partial charge on any atom is 0.248 e. The molecule has 3 heterocycles. The van der Waals surface area contributed by atoms with Crippen LogP contribution in [-0.2, 0) is 4.79 Å². The monoisotopic (exact) mass is 441 g/mol. The van der Waals surface area contributed by atoms with Gasteiger partial charge in [0.25, 0.3) is 0 Å². The minimum Gasteiger partial charge on any atom is -0.457 e. The lowest BCUT2D eigenvalue weighted by atomic mass is 10.1. The van der Waals surface area contributed by atoms with E-state index in [2.05, 4.69) is 21.6 Å². The number of aromatic nitrogens is 4. The van der Waals surface area contributed by atoms with E-state index in [1.54, 1.807) is 6.20 Å². The molecule has 8 nitrogen and oxygen atoms in total. The van der Waals surface area contributed by atoms with Crippen LogP contribution in [0.1, 0.15) is 18.9 Å². The third-order valence-corrected chi connectivity index (χ3v) is 5.66. The molecule has 5 rings (SSSR count). The van der Waals surface area contributed by atoms with Crippen LogP contribution in [0.15, 0.2) is 79.8 Å². The summed E-state index contributed by atoms with van der Waals surface area (Å²) in [6.45, 7) is 4.89. The first-order chi connectivity index (χ1) is 16.2. The molecule has 0 spiro atoms. The van der Waals surface area contributed by atoms with Crippen molar-refractivity contribution >= 4 is 16.9 Å². The minimum absolute atomic E-state index is 0.0363. The quantitative estimate of drug-likeness (QED) is 0.401. The largest absolute Gasteiger partial charge is 0.457 e. The Bertz CT molecular complexity index is 1260. The minimum atomic E-state index is -0.0363. The molecule has 1 aliphatic heterocycles. The van der Waals surface area contributed by atoms with Gasteiger partial charge in [-0.15, -0.1) is 0 Å². The average Bonchev–Trinajstić information content (AvgIpc) is 3.31. The highest BCUT2D eigenvalue weighted by Crippen LogP contribution is 2.32. The molecular formula is C25H23N5O3. The molecule has 166 valence electrons. The molecular weight excluding hydrogens is 418 g/mol. The van der Waals surface area contributed by atoms with E-state index < -0.39 is 0 Å². The van der Waals surface area contributed by atoms with Gasteiger partial charge < -0.3 is 14.4 Å². The second kappa shape index (κ2) is 9.12. The zero-order valence-corrected chi connectivity index (χ0v) is 18.0. The summed E-state index contributed by atoms with van der Waals surface area (Å²) in [5.41, 5.74) is 1.46. The molecule has 2 aromatic carbocycles. The van der Waals surface area contributed by atoms with Crippen LogP contribution in [0.3, 0.4) is 0 Å². The summed E-state index contributed by atoms with van der Waals surface area (Å²) in [6.07, 6.45) is 6.13.